The normalized spacial score (nSPS) is 9.74. The zero-order chi connectivity index (χ0) is 13.7. The van der Waals surface area contributed by atoms with Crippen molar-refractivity contribution in [3.8, 4) is 11.8 Å². The van der Waals surface area contributed by atoms with E-state index in [-0.39, 0.29) is 0 Å². The number of rotatable bonds is 4. The summed E-state index contributed by atoms with van der Waals surface area (Å²) in [5, 5.41) is 8.90. The summed E-state index contributed by atoms with van der Waals surface area (Å²) in [5.74, 6) is 1.52. The maximum atomic E-state index is 8.90. The summed E-state index contributed by atoms with van der Waals surface area (Å²) < 4.78 is 5.29. The first kappa shape index (κ1) is 12.9. The first-order valence-electron chi connectivity index (χ1n) is 5.94. The lowest BCUT2D eigenvalue weighted by Gasteiger charge is -2.20. The summed E-state index contributed by atoms with van der Waals surface area (Å²) in [6.07, 6.45) is 1.74. The molecule has 0 aliphatic carbocycles. The molecule has 0 N–H and O–H groups in total. The van der Waals surface area contributed by atoms with Crippen LogP contribution in [-0.2, 0) is 6.54 Å². The first-order valence-corrected chi connectivity index (χ1v) is 5.94. The zero-order valence-electron chi connectivity index (χ0n) is 11.0. The molecule has 2 rings (SSSR count). The van der Waals surface area contributed by atoms with Crippen LogP contribution in [0.3, 0.4) is 0 Å². The number of hydrogen-bond acceptors (Lipinski definition) is 4. The van der Waals surface area contributed by atoms with Gasteiger partial charge in [0.1, 0.15) is 0 Å². The molecule has 96 valence electrons. The van der Waals surface area contributed by atoms with Crippen LogP contribution in [0.4, 0.5) is 5.82 Å². The number of pyridine rings is 1. The van der Waals surface area contributed by atoms with Crippen molar-refractivity contribution in [2.24, 2.45) is 0 Å². The van der Waals surface area contributed by atoms with E-state index in [4.69, 9.17) is 10.00 Å². The smallest absolute Gasteiger partial charge is 0.171 e. The van der Waals surface area contributed by atoms with Crippen LogP contribution < -0.4 is 9.64 Å². The van der Waals surface area contributed by atoms with Crippen LogP contribution >= 0.6 is 0 Å². The molecule has 4 heteroatoms. The monoisotopic (exact) mass is 253 g/mol. The molecule has 0 radical (unpaired) electrons. The average Bonchev–Trinajstić information content (AvgIpc) is 2.47. The van der Waals surface area contributed by atoms with Gasteiger partial charge in [-0.1, -0.05) is 12.1 Å². The molecule has 19 heavy (non-hydrogen) atoms. The number of nitrogens with zero attached hydrogens (tertiary/aromatic N) is 3. The zero-order valence-corrected chi connectivity index (χ0v) is 11.0. The number of ether oxygens (including phenoxy) is 1. The van der Waals surface area contributed by atoms with E-state index >= 15 is 0 Å². The SMILES string of the molecule is COc1cccnc1N(C)Cc1cccc(C#N)c1. The minimum atomic E-state index is 0.666. The summed E-state index contributed by atoms with van der Waals surface area (Å²) in [4.78, 5) is 6.32. The average molecular weight is 253 g/mol. The highest BCUT2D eigenvalue weighted by Gasteiger charge is 2.09. The lowest BCUT2D eigenvalue weighted by atomic mass is 10.1. The van der Waals surface area contributed by atoms with Gasteiger partial charge in [-0.2, -0.15) is 5.26 Å². The molecule has 0 amide bonds. The molecule has 0 unspecified atom stereocenters. The second kappa shape index (κ2) is 5.87. The van der Waals surface area contributed by atoms with Crippen LogP contribution in [0.5, 0.6) is 5.75 Å². The maximum Gasteiger partial charge on any atom is 0.171 e. The van der Waals surface area contributed by atoms with E-state index < -0.39 is 0 Å². The van der Waals surface area contributed by atoms with Crippen LogP contribution in [0.1, 0.15) is 11.1 Å². The number of hydrogen-bond donors (Lipinski definition) is 0. The van der Waals surface area contributed by atoms with Crippen molar-refractivity contribution < 1.29 is 4.74 Å². The van der Waals surface area contributed by atoms with Gasteiger partial charge >= 0.3 is 0 Å². The number of nitriles is 1. The highest BCUT2D eigenvalue weighted by molar-refractivity contribution is 5.51. The van der Waals surface area contributed by atoms with Crippen LogP contribution in [0, 0.1) is 11.3 Å². The van der Waals surface area contributed by atoms with Gasteiger partial charge in [0, 0.05) is 19.8 Å². The molecule has 1 heterocycles. The summed E-state index contributed by atoms with van der Waals surface area (Å²) in [7, 11) is 3.58. The minimum Gasteiger partial charge on any atom is -0.493 e. The summed E-state index contributed by atoms with van der Waals surface area (Å²) in [6.45, 7) is 0.670. The van der Waals surface area contributed by atoms with Crippen molar-refractivity contribution in [3.63, 3.8) is 0 Å². The molecule has 4 nitrogen and oxygen atoms in total. The van der Waals surface area contributed by atoms with E-state index in [2.05, 4.69) is 11.1 Å². The molecule has 0 saturated carbocycles. The number of methoxy groups -OCH3 is 1. The molecule has 0 atom stereocenters. The maximum absolute atomic E-state index is 8.90. The summed E-state index contributed by atoms with van der Waals surface area (Å²) >= 11 is 0. The van der Waals surface area contributed by atoms with E-state index in [0.29, 0.717) is 12.1 Å². The first-order chi connectivity index (χ1) is 9.24. The third kappa shape index (κ3) is 3.02. The van der Waals surface area contributed by atoms with Crippen LogP contribution in [0.15, 0.2) is 42.6 Å². The van der Waals surface area contributed by atoms with Crippen molar-refractivity contribution in [2.75, 3.05) is 19.1 Å². The van der Waals surface area contributed by atoms with Crippen LogP contribution in [0.25, 0.3) is 0 Å². The van der Waals surface area contributed by atoms with Gasteiger partial charge in [-0.25, -0.2) is 4.98 Å². The van der Waals surface area contributed by atoms with Gasteiger partial charge in [-0.3, -0.25) is 0 Å². The Morgan fingerprint density at radius 1 is 1.32 bits per heavy atom. The Balaban J connectivity index is 2.21. The molecule has 0 fully saturated rings. The van der Waals surface area contributed by atoms with Gasteiger partial charge < -0.3 is 9.64 Å². The van der Waals surface area contributed by atoms with E-state index in [9.17, 15) is 0 Å². The second-order valence-corrected chi connectivity index (χ2v) is 4.20. The van der Waals surface area contributed by atoms with E-state index in [1.165, 1.54) is 0 Å². The predicted octanol–water partition coefficient (Wildman–Crippen LogP) is 2.60. The van der Waals surface area contributed by atoms with Crippen molar-refractivity contribution in [1.29, 1.82) is 5.26 Å². The molecule has 1 aromatic heterocycles. The van der Waals surface area contributed by atoms with Crippen molar-refractivity contribution in [2.45, 2.75) is 6.54 Å². The molecular weight excluding hydrogens is 238 g/mol. The summed E-state index contributed by atoms with van der Waals surface area (Å²) in [5.41, 5.74) is 1.73. The molecule has 0 saturated heterocycles. The van der Waals surface area contributed by atoms with Crippen molar-refractivity contribution in [3.05, 3.63) is 53.7 Å². The van der Waals surface area contributed by atoms with E-state index in [1.807, 2.05) is 42.3 Å². The fraction of sp³-hybridized carbons (Fsp3) is 0.200. The molecule has 2 aromatic rings. The predicted molar refractivity (Wildman–Crippen MR) is 74.1 cm³/mol. The Kier molecular flexibility index (Phi) is 3.99. The van der Waals surface area contributed by atoms with Gasteiger partial charge in [0.05, 0.1) is 18.7 Å². The Labute approximate surface area is 112 Å². The van der Waals surface area contributed by atoms with E-state index in [1.54, 1.807) is 19.4 Å². The summed E-state index contributed by atoms with van der Waals surface area (Å²) in [6, 6.07) is 13.4. The molecular formula is C15H15N3O. The largest absolute Gasteiger partial charge is 0.493 e. The van der Waals surface area contributed by atoms with Crippen molar-refractivity contribution >= 4 is 5.82 Å². The van der Waals surface area contributed by atoms with Gasteiger partial charge in [0.15, 0.2) is 11.6 Å². The third-order valence-corrected chi connectivity index (χ3v) is 2.81. The number of benzene rings is 1. The lowest BCUT2D eigenvalue weighted by molar-refractivity contribution is 0.413. The minimum absolute atomic E-state index is 0.666. The molecule has 1 aromatic carbocycles. The molecule has 0 spiro atoms. The van der Waals surface area contributed by atoms with Gasteiger partial charge in [-0.05, 0) is 29.8 Å². The third-order valence-electron chi connectivity index (χ3n) is 2.81. The van der Waals surface area contributed by atoms with Crippen molar-refractivity contribution in [1.82, 2.24) is 4.98 Å². The quantitative estimate of drug-likeness (QED) is 0.840. The fourth-order valence-corrected chi connectivity index (χ4v) is 1.92. The fourth-order valence-electron chi connectivity index (χ4n) is 1.92. The highest BCUT2D eigenvalue weighted by Crippen LogP contribution is 2.24. The lowest BCUT2D eigenvalue weighted by Crippen LogP contribution is -2.18. The van der Waals surface area contributed by atoms with Crippen LogP contribution in [-0.4, -0.2) is 19.1 Å². The molecule has 0 aliphatic heterocycles. The Bertz CT molecular complexity index is 604. The number of anilines is 1. The Morgan fingerprint density at radius 3 is 2.89 bits per heavy atom. The van der Waals surface area contributed by atoms with E-state index in [0.717, 1.165) is 17.1 Å². The Morgan fingerprint density at radius 2 is 2.16 bits per heavy atom. The molecule has 0 bridgehead atoms. The number of aromatic nitrogens is 1. The second-order valence-electron chi connectivity index (χ2n) is 4.20. The van der Waals surface area contributed by atoms with Crippen LogP contribution in [0.2, 0.25) is 0 Å². The topological polar surface area (TPSA) is 49.1 Å². The van der Waals surface area contributed by atoms with Gasteiger partial charge in [-0.15, -0.1) is 0 Å². The standard InChI is InChI=1S/C15H15N3O/c1-18(15-14(19-2)7-4-8-17-15)11-13-6-3-5-12(9-13)10-16/h3-9H,11H2,1-2H3. The molecule has 0 aliphatic rings. The van der Waals surface area contributed by atoms with Gasteiger partial charge in [0.2, 0.25) is 0 Å². The Hall–Kier alpha value is -2.54. The van der Waals surface area contributed by atoms with Gasteiger partial charge in [0.25, 0.3) is 0 Å². The highest BCUT2D eigenvalue weighted by atomic mass is 16.5.